The van der Waals surface area contributed by atoms with Gasteiger partial charge in [0.2, 0.25) is 5.43 Å². The van der Waals surface area contributed by atoms with Gasteiger partial charge in [-0.2, -0.15) is 0 Å². The van der Waals surface area contributed by atoms with E-state index in [2.05, 4.69) is 4.98 Å². The van der Waals surface area contributed by atoms with Crippen LogP contribution in [0, 0.1) is 0 Å². The summed E-state index contributed by atoms with van der Waals surface area (Å²) in [6.07, 6.45) is 0.273. The maximum absolute atomic E-state index is 11.4. The summed E-state index contributed by atoms with van der Waals surface area (Å²) in [6.45, 7) is -0.0982. The number of halogens is 3. The number of hydrogen-bond donors (Lipinski definition) is 2. The van der Waals surface area contributed by atoms with E-state index in [0.717, 1.165) is 0 Å². The summed E-state index contributed by atoms with van der Waals surface area (Å²) in [6, 6.07) is 0. The second-order valence-electron chi connectivity index (χ2n) is 2.65. The monoisotopic (exact) mass is 255 g/mol. The van der Waals surface area contributed by atoms with Gasteiger partial charge in [-0.15, -0.1) is 11.6 Å². The molecular weight excluding hydrogens is 248 g/mol. The molecular formula is C8H8Cl3NO2. The molecule has 1 aromatic heterocycles. The molecule has 3 nitrogen and oxygen atoms in total. The van der Waals surface area contributed by atoms with Gasteiger partial charge in [-0.1, -0.05) is 23.2 Å². The van der Waals surface area contributed by atoms with Crippen LogP contribution in [0.1, 0.15) is 11.4 Å². The summed E-state index contributed by atoms with van der Waals surface area (Å²) in [5.41, 5.74) is 0.427. The van der Waals surface area contributed by atoms with Crippen molar-refractivity contribution >= 4 is 34.8 Å². The predicted molar refractivity (Wildman–Crippen MR) is 57.4 cm³/mol. The third-order valence-electron chi connectivity index (χ3n) is 1.73. The van der Waals surface area contributed by atoms with Crippen LogP contribution >= 0.6 is 34.8 Å². The quantitative estimate of drug-likeness (QED) is 0.812. The third kappa shape index (κ3) is 2.23. The van der Waals surface area contributed by atoms with E-state index in [0.29, 0.717) is 11.4 Å². The topological polar surface area (TPSA) is 53.1 Å². The summed E-state index contributed by atoms with van der Waals surface area (Å²) in [7, 11) is 0. The molecule has 0 unspecified atom stereocenters. The van der Waals surface area contributed by atoms with Crippen molar-refractivity contribution in [3.63, 3.8) is 0 Å². The molecule has 0 radical (unpaired) electrons. The molecule has 1 aromatic rings. The van der Waals surface area contributed by atoms with Gasteiger partial charge in [0.05, 0.1) is 11.6 Å². The lowest BCUT2D eigenvalue weighted by Crippen LogP contribution is -2.12. The number of aromatic nitrogens is 1. The first-order valence-electron chi connectivity index (χ1n) is 3.87. The Kier molecular flexibility index (Phi) is 4.26. The summed E-state index contributed by atoms with van der Waals surface area (Å²) < 4.78 is 0. The van der Waals surface area contributed by atoms with Gasteiger partial charge in [0, 0.05) is 18.7 Å². The minimum atomic E-state index is -0.453. The Bertz CT molecular complexity index is 389. The largest absolute Gasteiger partial charge is 0.396 e. The molecule has 6 heteroatoms. The van der Waals surface area contributed by atoms with Crippen molar-refractivity contribution in [1.82, 2.24) is 4.98 Å². The Balaban J connectivity index is 3.33. The van der Waals surface area contributed by atoms with Gasteiger partial charge in [-0.3, -0.25) is 4.79 Å². The van der Waals surface area contributed by atoms with E-state index in [4.69, 9.17) is 39.9 Å². The standard InChI is InChI=1S/C8H8Cl3NO2/c9-3-5-7(11)8(14)6(10)4(12-5)1-2-13/h13H,1-3H2,(H,12,14). The Hall–Kier alpha value is -0.220. The van der Waals surface area contributed by atoms with Crippen LogP contribution in [0.3, 0.4) is 0 Å². The number of pyridine rings is 1. The highest BCUT2D eigenvalue weighted by molar-refractivity contribution is 6.35. The van der Waals surface area contributed by atoms with Crippen LogP contribution in [0.5, 0.6) is 0 Å². The molecule has 78 valence electrons. The summed E-state index contributed by atoms with van der Waals surface area (Å²) in [4.78, 5) is 14.2. The normalized spacial score (nSPS) is 10.6. The zero-order chi connectivity index (χ0) is 10.7. The molecule has 0 aliphatic rings. The Morgan fingerprint density at radius 1 is 1.21 bits per heavy atom. The second-order valence-corrected chi connectivity index (χ2v) is 3.67. The predicted octanol–water partition coefficient (Wildman–Crippen LogP) is 1.96. The van der Waals surface area contributed by atoms with E-state index in [1.165, 1.54) is 0 Å². The van der Waals surface area contributed by atoms with Crippen LogP contribution < -0.4 is 5.43 Å². The molecule has 0 saturated carbocycles. The number of aromatic amines is 1. The van der Waals surface area contributed by atoms with Crippen molar-refractivity contribution in [1.29, 1.82) is 0 Å². The van der Waals surface area contributed by atoms with Crippen LogP contribution in [0.15, 0.2) is 4.79 Å². The first-order chi connectivity index (χ1) is 6.61. The maximum Gasteiger partial charge on any atom is 0.219 e. The molecule has 0 aliphatic carbocycles. The van der Waals surface area contributed by atoms with Gasteiger partial charge < -0.3 is 10.1 Å². The summed E-state index contributed by atoms with van der Waals surface area (Å²) in [5.74, 6) is 0.101. The third-order valence-corrected chi connectivity index (χ3v) is 2.79. The van der Waals surface area contributed by atoms with Crippen molar-refractivity contribution < 1.29 is 5.11 Å². The molecule has 0 atom stereocenters. The van der Waals surface area contributed by atoms with E-state index >= 15 is 0 Å². The van der Waals surface area contributed by atoms with Crippen molar-refractivity contribution in [2.45, 2.75) is 12.3 Å². The Morgan fingerprint density at radius 2 is 1.79 bits per heavy atom. The fourth-order valence-corrected chi connectivity index (χ4v) is 1.80. The van der Waals surface area contributed by atoms with Crippen LogP contribution in [-0.2, 0) is 12.3 Å². The zero-order valence-electron chi connectivity index (χ0n) is 7.11. The van der Waals surface area contributed by atoms with E-state index in [9.17, 15) is 4.79 Å². The first kappa shape index (κ1) is 11.9. The summed E-state index contributed by atoms with van der Waals surface area (Å²) in [5, 5.41) is 8.74. The molecule has 0 saturated heterocycles. The lowest BCUT2D eigenvalue weighted by molar-refractivity contribution is 0.298. The zero-order valence-corrected chi connectivity index (χ0v) is 9.38. The highest BCUT2D eigenvalue weighted by atomic mass is 35.5. The first-order valence-corrected chi connectivity index (χ1v) is 5.16. The smallest absolute Gasteiger partial charge is 0.219 e. The lowest BCUT2D eigenvalue weighted by Gasteiger charge is -2.06. The molecule has 0 bridgehead atoms. The summed E-state index contributed by atoms with van der Waals surface area (Å²) >= 11 is 17.0. The fourth-order valence-electron chi connectivity index (χ4n) is 1.04. The van der Waals surface area contributed by atoms with Crippen LogP contribution in [0.25, 0.3) is 0 Å². The number of rotatable bonds is 3. The van der Waals surface area contributed by atoms with E-state index < -0.39 is 5.43 Å². The van der Waals surface area contributed by atoms with E-state index in [1.807, 2.05) is 0 Å². The van der Waals surface area contributed by atoms with Crippen molar-refractivity contribution in [3.05, 3.63) is 31.7 Å². The van der Waals surface area contributed by atoms with Gasteiger partial charge >= 0.3 is 0 Å². The molecule has 0 aliphatic heterocycles. The molecule has 2 N–H and O–H groups in total. The molecule has 14 heavy (non-hydrogen) atoms. The maximum atomic E-state index is 11.4. The average Bonchev–Trinajstić information content (AvgIpc) is 2.19. The van der Waals surface area contributed by atoms with Gasteiger partial charge in [0.25, 0.3) is 0 Å². The van der Waals surface area contributed by atoms with Crippen LogP contribution in [0.2, 0.25) is 10.0 Å². The molecule has 1 rings (SSSR count). The highest BCUT2D eigenvalue weighted by Crippen LogP contribution is 2.18. The number of aliphatic hydroxyl groups excluding tert-OH is 1. The highest BCUT2D eigenvalue weighted by Gasteiger charge is 2.12. The van der Waals surface area contributed by atoms with Crippen LogP contribution in [0.4, 0.5) is 0 Å². The van der Waals surface area contributed by atoms with Crippen molar-refractivity contribution in [3.8, 4) is 0 Å². The molecule has 0 aromatic carbocycles. The van der Waals surface area contributed by atoms with E-state index in [1.54, 1.807) is 0 Å². The fraction of sp³-hybridized carbons (Fsp3) is 0.375. The number of nitrogens with one attached hydrogen (secondary N) is 1. The van der Waals surface area contributed by atoms with Gasteiger partial charge in [-0.05, 0) is 0 Å². The Morgan fingerprint density at radius 3 is 2.29 bits per heavy atom. The van der Waals surface area contributed by atoms with Gasteiger partial charge in [0.15, 0.2) is 0 Å². The number of H-pyrrole nitrogens is 1. The van der Waals surface area contributed by atoms with Crippen molar-refractivity contribution in [2.75, 3.05) is 6.61 Å². The second kappa shape index (κ2) is 5.03. The Labute approximate surface area is 95.6 Å². The number of hydrogen-bond acceptors (Lipinski definition) is 2. The number of alkyl halides is 1. The van der Waals surface area contributed by atoms with Gasteiger partial charge in [0.1, 0.15) is 10.0 Å². The molecule has 0 amide bonds. The van der Waals surface area contributed by atoms with E-state index in [-0.39, 0.29) is 29.0 Å². The molecule has 0 fully saturated rings. The minimum Gasteiger partial charge on any atom is -0.396 e. The van der Waals surface area contributed by atoms with Crippen LogP contribution in [-0.4, -0.2) is 16.7 Å². The van der Waals surface area contributed by atoms with Gasteiger partial charge in [-0.25, -0.2) is 0 Å². The average molecular weight is 257 g/mol. The van der Waals surface area contributed by atoms with Crippen molar-refractivity contribution in [2.24, 2.45) is 0 Å². The molecule has 0 spiro atoms. The molecule has 1 heterocycles. The lowest BCUT2D eigenvalue weighted by atomic mass is 10.2. The minimum absolute atomic E-state index is 0.00619. The number of aliphatic hydroxyl groups is 1. The SMILES string of the molecule is O=c1c(Cl)c(CCl)[nH]c(CCO)c1Cl.